The zero-order valence-electron chi connectivity index (χ0n) is 14.6. The van der Waals surface area contributed by atoms with Crippen molar-refractivity contribution in [3.05, 3.63) is 23.3 Å². The first-order valence-electron chi connectivity index (χ1n) is 8.40. The standard InChI is InChI=1S/C18H27N3O2/c1-13-11-15-16(12-14(13)2)21(17(22)18(3,4)19-15)6-5-20-7-9-23-10-8-20/h11-12,19H,5-10H2,1-4H3. The fourth-order valence-corrected chi connectivity index (χ4v) is 3.25. The van der Waals surface area contributed by atoms with Crippen LogP contribution in [0.5, 0.6) is 0 Å². The van der Waals surface area contributed by atoms with Crippen LogP contribution in [0.1, 0.15) is 25.0 Å². The molecule has 126 valence electrons. The van der Waals surface area contributed by atoms with Crippen molar-refractivity contribution >= 4 is 17.3 Å². The molecule has 5 nitrogen and oxygen atoms in total. The molecule has 23 heavy (non-hydrogen) atoms. The Morgan fingerprint density at radius 3 is 2.48 bits per heavy atom. The van der Waals surface area contributed by atoms with E-state index in [0.29, 0.717) is 0 Å². The molecular weight excluding hydrogens is 290 g/mol. The number of carbonyl (C=O) groups is 1. The second-order valence-corrected chi connectivity index (χ2v) is 7.11. The predicted octanol–water partition coefficient (Wildman–Crippen LogP) is 2.17. The Morgan fingerprint density at radius 2 is 1.78 bits per heavy atom. The molecule has 0 aromatic heterocycles. The van der Waals surface area contributed by atoms with Crippen LogP contribution in [0, 0.1) is 13.8 Å². The Bertz CT molecular complexity index is 607. The Labute approximate surface area is 138 Å². The van der Waals surface area contributed by atoms with Gasteiger partial charge in [0, 0.05) is 26.2 Å². The lowest BCUT2D eigenvalue weighted by Gasteiger charge is -2.41. The van der Waals surface area contributed by atoms with Gasteiger partial charge >= 0.3 is 0 Å². The molecule has 0 radical (unpaired) electrons. The number of hydrogen-bond acceptors (Lipinski definition) is 4. The summed E-state index contributed by atoms with van der Waals surface area (Å²) in [5.41, 5.74) is 3.95. The highest BCUT2D eigenvalue weighted by Crippen LogP contribution is 2.37. The topological polar surface area (TPSA) is 44.8 Å². The molecule has 3 rings (SSSR count). The molecular formula is C18H27N3O2. The minimum Gasteiger partial charge on any atom is -0.379 e. The SMILES string of the molecule is Cc1cc2c(cc1C)N(CCN1CCOCC1)C(=O)C(C)(C)N2. The second kappa shape index (κ2) is 6.13. The van der Waals surface area contributed by atoms with E-state index in [1.54, 1.807) is 0 Å². The molecule has 0 spiro atoms. The third kappa shape index (κ3) is 3.21. The number of benzene rings is 1. The maximum absolute atomic E-state index is 12.9. The molecule has 2 aliphatic heterocycles. The van der Waals surface area contributed by atoms with E-state index in [9.17, 15) is 4.79 Å². The number of nitrogens with one attached hydrogen (secondary N) is 1. The van der Waals surface area contributed by atoms with Gasteiger partial charge in [0.1, 0.15) is 5.54 Å². The van der Waals surface area contributed by atoms with E-state index in [0.717, 1.165) is 50.8 Å². The number of aryl methyl sites for hydroxylation is 2. The first-order valence-corrected chi connectivity index (χ1v) is 8.40. The molecule has 1 aromatic carbocycles. The van der Waals surface area contributed by atoms with E-state index in [4.69, 9.17) is 4.74 Å². The maximum atomic E-state index is 12.9. The fourth-order valence-electron chi connectivity index (χ4n) is 3.25. The molecule has 1 saturated heterocycles. The monoisotopic (exact) mass is 317 g/mol. The third-order valence-electron chi connectivity index (χ3n) is 4.87. The van der Waals surface area contributed by atoms with E-state index < -0.39 is 5.54 Å². The van der Waals surface area contributed by atoms with Gasteiger partial charge in [0.25, 0.3) is 5.91 Å². The fraction of sp³-hybridized carbons (Fsp3) is 0.611. The number of morpholine rings is 1. The summed E-state index contributed by atoms with van der Waals surface area (Å²) in [5, 5.41) is 3.40. The zero-order chi connectivity index (χ0) is 16.6. The lowest BCUT2D eigenvalue weighted by Crippen LogP contribution is -2.55. The Balaban J connectivity index is 1.85. The van der Waals surface area contributed by atoms with E-state index in [1.165, 1.54) is 11.1 Å². The van der Waals surface area contributed by atoms with Gasteiger partial charge in [-0.05, 0) is 51.0 Å². The minimum atomic E-state index is -0.570. The summed E-state index contributed by atoms with van der Waals surface area (Å²) in [6.07, 6.45) is 0. The summed E-state index contributed by atoms with van der Waals surface area (Å²) in [7, 11) is 0. The normalized spacial score (nSPS) is 21.0. The van der Waals surface area contributed by atoms with Crippen molar-refractivity contribution in [2.75, 3.05) is 49.6 Å². The second-order valence-electron chi connectivity index (χ2n) is 7.11. The van der Waals surface area contributed by atoms with Crippen molar-refractivity contribution in [3.8, 4) is 0 Å². The molecule has 0 bridgehead atoms. The van der Waals surface area contributed by atoms with Gasteiger partial charge in [0.05, 0.1) is 24.6 Å². The van der Waals surface area contributed by atoms with Gasteiger partial charge in [0.15, 0.2) is 0 Å². The predicted molar refractivity (Wildman–Crippen MR) is 93.2 cm³/mol. The van der Waals surface area contributed by atoms with Gasteiger partial charge < -0.3 is 15.0 Å². The summed E-state index contributed by atoms with van der Waals surface area (Å²) in [6.45, 7) is 13.2. The number of amides is 1. The summed E-state index contributed by atoms with van der Waals surface area (Å²) in [4.78, 5) is 17.2. The third-order valence-corrected chi connectivity index (χ3v) is 4.87. The molecule has 0 saturated carbocycles. The molecule has 1 aromatic rings. The summed E-state index contributed by atoms with van der Waals surface area (Å²) in [6, 6.07) is 4.28. The van der Waals surface area contributed by atoms with Crippen LogP contribution < -0.4 is 10.2 Å². The lowest BCUT2D eigenvalue weighted by molar-refractivity contribution is -0.122. The first-order chi connectivity index (χ1) is 10.9. The van der Waals surface area contributed by atoms with Gasteiger partial charge in [-0.25, -0.2) is 0 Å². The average molecular weight is 317 g/mol. The van der Waals surface area contributed by atoms with E-state index in [1.807, 2.05) is 18.7 Å². The smallest absolute Gasteiger partial charge is 0.252 e. The highest BCUT2D eigenvalue weighted by molar-refractivity contribution is 6.07. The number of anilines is 2. The van der Waals surface area contributed by atoms with Gasteiger partial charge in [-0.1, -0.05) is 0 Å². The first kappa shape index (κ1) is 16.3. The highest BCUT2D eigenvalue weighted by atomic mass is 16.5. The number of fused-ring (bicyclic) bond motifs is 1. The molecule has 1 fully saturated rings. The van der Waals surface area contributed by atoms with Crippen LogP contribution in [0.3, 0.4) is 0 Å². The summed E-state index contributed by atoms with van der Waals surface area (Å²) >= 11 is 0. The van der Waals surface area contributed by atoms with Crippen LogP contribution in [0.25, 0.3) is 0 Å². The number of ether oxygens (including phenoxy) is 1. The Morgan fingerprint density at radius 1 is 1.13 bits per heavy atom. The molecule has 1 N–H and O–H groups in total. The van der Waals surface area contributed by atoms with Gasteiger partial charge in [-0.2, -0.15) is 0 Å². The van der Waals surface area contributed by atoms with E-state index in [2.05, 4.69) is 36.2 Å². The van der Waals surface area contributed by atoms with Crippen LogP contribution in [0.15, 0.2) is 12.1 Å². The van der Waals surface area contributed by atoms with Crippen molar-refractivity contribution in [1.29, 1.82) is 0 Å². The van der Waals surface area contributed by atoms with Crippen LogP contribution >= 0.6 is 0 Å². The van der Waals surface area contributed by atoms with Gasteiger partial charge in [0.2, 0.25) is 0 Å². The number of nitrogens with zero attached hydrogens (tertiary/aromatic N) is 2. The number of hydrogen-bond donors (Lipinski definition) is 1. The highest BCUT2D eigenvalue weighted by Gasteiger charge is 2.38. The Hall–Kier alpha value is -1.59. The van der Waals surface area contributed by atoms with Crippen LogP contribution in [-0.2, 0) is 9.53 Å². The quantitative estimate of drug-likeness (QED) is 0.928. The number of rotatable bonds is 3. The van der Waals surface area contributed by atoms with Crippen molar-refractivity contribution < 1.29 is 9.53 Å². The number of carbonyl (C=O) groups excluding carboxylic acids is 1. The maximum Gasteiger partial charge on any atom is 0.252 e. The summed E-state index contributed by atoms with van der Waals surface area (Å²) in [5.74, 6) is 0.140. The molecule has 2 aliphatic rings. The molecule has 0 atom stereocenters. The average Bonchev–Trinajstić information content (AvgIpc) is 2.51. The van der Waals surface area contributed by atoms with Crippen LogP contribution in [0.4, 0.5) is 11.4 Å². The summed E-state index contributed by atoms with van der Waals surface area (Å²) < 4.78 is 5.40. The van der Waals surface area contributed by atoms with Crippen molar-refractivity contribution in [2.45, 2.75) is 33.2 Å². The molecule has 0 unspecified atom stereocenters. The van der Waals surface area contributed by atoms with Crippen LogP contribution in [-0.4, -0.2) is 55.7 Å². The Kier molecular flexibility index (Phi) is 4.34. The molecule has 0 aliphatic carbocycles. The minimum absolute atomic E-state index is 0.140. The van der Waals surface area contributed by atoms with E-state index in [-0.39, 0.29) is 5.91 Å². The lowest BCUT2D eigenvalue weighted by atomic mass is 9.96. The van der Waals surface area contributed by atoms with E-state index >= 15 is 0 Å². The zero-order valence-corrected chi connectivity index (χ0v) is 14.6. The molecule has 1 amide bonds. The van der Waals surface area contributed by atoms with Gasteiger partial charge in [-0.15, -0.1) is 0 Å². The van der Waals surface area contributed by atoms with Crippen LogP contribution in [0.2, 0.25) is 0 Å². The van der Waals surface area contributed by atoms with Crippen molar-refractivity contribution in [3.63, 3.8) is 0 Å². The molecule has 5 heteroatoms. The largest absolute Gasteiger partial charge is 0.379 e. The van der Waals surface area contributed by atoms with Gasteiger partial charge in [-0.3, -0.25) is 9.69 Å². The molecule has 2 heterocycles. The van der Waals surface area contributed by atoms with Crippen molar-refractivity contribution in [1.82, 2.24) is 4.90 Å². The van der Waals surface area contributed by atoms with Crippen molar-refractivity contribution in [2.24, 2.45) is 0 Å².